The van der Waals surface area contributed by atoms with Crippen LogP contribution >= 0.6 is 0 Å². The first kappa shape index (κ1) is 24.3. The van der Waals surface area contributed by atoms with Crippen molar-refractivity contribution in [2.75, 3.05) is 13.1 Å². The Balaban J connectivity index is 1.52. The minimum atomic E-state index is -3.91. The summed E-state index contributed by atoms with van der Waals surface area (Å²) in [5.74, 6) is -0.0626. The number of aromatic nitrogens is 1. The Hall–Kier alpha value is -2.81. The van der Waals surface area contributed by atoms with Gasteiger partial charge in [-0.15, -0.1) is 0 Å². The van der Waals surface area contributed by atoms with E-state index in [-0.39, 0.29) is 16.2 Å². The van der Waals surface area contributed by atoms with Gasteiger partial charge in [0.15, 0.2) is 0 Å². The van der Waals surface area contributed by atoms with Crippen molar-refractivity contribution in [2.24, 2.45) is 10.6 Å². The van der Waals surface area contributed by atoms with Crippen LogP contribution in [0.3, 0.4) is 0 Å². The Kier molecular flexibility index (Phi) is 6.27. The van der Waals surface area contributed by atoms with Crippen molar-refractivity contribution in [3.05, 3.63) is 60.2 Å². The number of carbonyl (C=O) groups is 1. The number of fused-ring (bicyclic) bond motifs is 1. The number of primary sulfonamides is 1. The fourth-order valence-electron chi connectivity index (χ4n) is 4.77. The van der Waals surface area contributed by atoms with Crippen molar-refractivity contribution in [3.63, 3.8) is 0 Å². The minimum absolute atomic E-state index is 0.0184. The van der Waals surface area contributed by atoms with E-state index in [1.165, 1.54) is 6.07 Å². The maximum Gasteiger partial charge on any atom is 0.253 e. The van der Waals surface area contributed by atoms with Crippen LogP contribution in [-0.4, -0.2) is 48.0 Å². The van der Waals surface area contributed by atoms with E-state index in [1.54, 1.807) is 47.4 Å². The van der Waals surface area contributed by atoms with Crippen molar-refractivity contribution in [2.45, 2.75) is 50.5 Å². The van der Waals surface area contributed by atoms with E-state index >= 15 is 0 Å². The van der Waals surface area contributed by atoms with Crippen LogP contribution in [0.1, 0.15) is 50.4 Å². The Labute approximate surface area is 200 Å². The average Bonchev–Trinajstić information content (AvgIpc) is 2.76. The molecule has 3 N–H and O–H groups in total. The number of likely N-dealkylation sites (tertiary alicyclic amines) is 1. The Morgan fingerprint density at radius 2 is 1.71 bits per heavy atom. The smallest absolute Gasteiger partial charge is 0.253 e. The molecule has 1 aromatic heterocycles. The molecule has 0 bridgehead atoms. The van der Waals surface area contributed by atoms with Gasteiger partial charge in [-0.2, -0.15) is 0 Å². The molecule has 8 heteroatoms. The number of aliphatic hydroxyl groups is 1. The second-order valence-electron chi connectivity index (χ2n) is 10.4. The summed E-state index contributed by atoms with van der Waals surface area (Å²) in [7, 11) is -3.91. The molecular formula is C26H31N3O4S. The molecule has 1 fully saturated rings. The summed E-state index contributed by atoms with van der Waals surface area (Å²) < 4.78 is 23.9. The lowest BCUT2D eigenvalue weighted by atomic mass is 9.77. The van der Waals surface area contributed by atoms with Gasteiger partial charge in [-0.1, -0.05) is 51.1 Å². The molecule has 0 saturated carbocycles. The number of piperidine rings is 1. The summed E-state index contributed by atoms with van der Waals surface area (Å²) >= 11 is 0. The third-order valence-electron chi connectivity index (χ3n) is 6.26. The van der Waals surface area contributed by atoms with Gasteiger partial charge in [0.1, 0.15) is 4.90 Å². The molecule has 0 spiro atoms. The second-order valence-corrected chi connectivity index (χ2v) is 11.9. The molecule has 3 aromatic rings. The Bertz CT molecular complexity index is 1320. The standard InChI is InChI=1S/C26H31N3O4S/c1-25(2,3)17-26(31)13-15-29(16-14-26)24(30)20-9-7-18(8-10-20)21-12-11-19-5-4-6-22(23(19)28-21)34(27,32)33/h4-12,31H,13-17H2,1-3H3,(H2,27,32,33). The molecule has 1 amide bonds. The number of amides is 1. The number of sulfonamides is 1. The van der Waals surface area contributed by atoms with Crippen LogP contribution in [0.4, 0.5) is 0 Å². The summed E-state index contributed by atoms with van der Waals surface area (Å²) in [5, 5.41) is 16.9. The fraction of sp³-hybridized carbons (Fsp3) is 0.385. The van der Waals surface area contributed by atoms with E-state index in [2.05, 4.69) is 25.8 Å². The number of para-hydroxylation sites is 1. The van der Waals surface area contributed by atoms with Crippen LogP contribution < -0.4 is 5.14 Å². The van der Waals surface area contributed by atoms with Crippen LogP contribution in [0.5, 0.6) is 0 Å². The summed E-state index contributed by atoms with van der Waals surface area (Å²) in [6, 6.07) is 15.6. The Morgan fingerprint density at radius 3 is 2.29 bits per heavy atom. The summed E-state index contributed by atoms with van der Waals surface area (Å²) in [5.41, 5.74) is 1.54. The fourth-order valence-corrected chi connectivity index (χ4v) is 5.47. The van der Waals surface area contributed by atoms with Crippen molar-refractivity contribution >= 4 is 26.8 Å². The molecule has 7 nitrogen and oxygen atoms in total. The first-order chi connectivity index (χ1) is 15.8. The third-order valence-corrected chi connectivity index (χ3v) is 7.20. The molecule has 2 aromatic carbocycles. The van der Waals surface area contributed by atoms with Gasteiger partial charge in [0.2, 0.25) is 10.0 Å². The number of rotatable bonds is 4. The zero-order valence-electron chi connectivity index (χ0n) is 19.8. The second kappa shape index (κ2) is 8.76. The molecule has 1 aliphatic rings. The molecule has 4 rings (SSSR count). The third kappa shape index (κ3) is 5.29. The predicted octanol–water partition coefficient (Wildman–Crippen LogP) is 3.95. The first-order valence-electron chi connectivity index (χ1n) is 11.4. The van der Waals surface area contributed by atoms with Gasteiger partial charge < -0.3 is 10.0 Å². The highest BCUT2D eigenvalue weighted by Gasteiger charge is 2.37. The van der Waals surface area contributed by atoms with Crippen LogP contribution in [-0.2, 0) is 10.0 Å². The first-order valence-corrected chi connectivity index (χ1v) is 12.9. The van der Waals surface area contributed by atoms with E-state index in [4.69, 9.17) is 5.14 Å². The van der Waals surface area contributed by atoms with Gasteiger partial charge in [0.05, 0.1) is 16.8 Å². The van der Waals surface area contributed by atoms with Crippen LogP contribution in [0, 0.1) is 5.41 Å². The molecule has 0 aliphatic carbocycles. The molecule has 180 valence electrons. The van der Waals surface area contributed by atoms with E-state index < -0.39 is 15.6 Å². The van der Waals surface area contributed by atoms with Crippen LogP contribution in [0.15, 0.2) is 59.5 Å². The topological polar surface area (TPSA) is 114 Å². The number of benzene rings is 2. The van der Waals surface area contributed by atoms with E-state index in [0.29, 0.717) is 54.5 Å². The van der Waals surface area contributed by atoms with E-state index in [9.17, 15) is 18.3 Å². The lowest BCUT2D eigenvalue weighted by Gasteiger charge is -2.41. The molecule has 0 radical (unpaired) electrons. The number of nitrogens with zero attached hydrogens (tertiary/aromatic N) is 2. The quantitative estimate of drug-likeness (QED) is 0.586. The van der Waals surface area contributed by atoms with Gasteiger partial charge in [0, 0.05) is 29.6 Å². The molecule has 0 unspecified atom stereocenters. The van der Waals surface area contributed by atoms with Gasteiger partial charge in [-0.3, -0.25) is 4.79 Å². The maximum absolute atomic E-state index is 13.0. The van der Waals surface area contributed by atoms with Gasteiger partial charge in [0.25, 0.3) is 5.91 Å². The maximum atomic E-state index is 13.0. The molecular weight excluding hydrogens is 450 g/mol. The van der Waals surface area contributed by atoms with Gasteiger partial charge in [-0.05, 0) is 48.9 Å². The SMILES string of the molecule is CC(C)(C)CC1(O)CCN(C(=O)c2ccc(-c3ccc4cccc(S(N)(=O)=O)c4n3)cc2)CC1. The van der Waals surface area contributed by atoms with Gasteiger partial charge in [-0.25, -0.2) is 18.5 Å². The normalized spacial score (nSPS) is 16.6. The largest absolute Gasteiger partial charge is 0.390 e. The highest BCUT2D eigenvalue weighted by molar-refractivity contribution is 7.89. The van der Waals surface area contributed by atoms with Crippen molar-refractivity contribution < 1.29 is 18.3 Å². The lowest BCUT2D eigenvalue weighted by Crippen LogP contribution is -2.48. The number of carbonyl (C=O) groups excluding carboxylic acids is 1. The lowest BCUT2D eigenvalue weighted by molar-refractivity contribution is -0.0436. The zero-order valence-corrected chi connectivity index (χ0v) is 20.6. The van der Waals surface area contributed by atoms with Crippen LogP contribution in [0.2, 0.25) is 0 Å². The molecule has 2 heterocycles. The van der Waals surface area contributed by atoms with E-state index in [0.717, 1.165) is 5.56 Å². The molecule has 1 aliphatic heterocycles. The number of hydrogen-bond acceptors (Lipinski definition) is 5. The average molecular weight is 482 g/mol. The minimum Gasteiger partial charge on any atom is -0.390 e. The number of hydrogen-bond donors (Lipinski definition) is 2. The zero-order chi connectivity index (χ0) is 24.7. The molecule has 1 saturated heterocycles. The summed E-state index contributed by atoms with van der Waals surface area (Å²) in [4.78, 5) is 19.3. The summed E-state index contributed by atoms with van der Waals surface area (Å²) in [6.07, 6.45) is 1.85. The van der Waals surface area contributed by atoms with Crippen molar-refractivity contribution in [1.82, 2.24) is 9.88 Å². The number of pyridine rings is 1. The highest BCUT2D eigenvalue weighted by atomic mass is 32.2. The number of nitrogens with two attached hydrogens (primary N) is 1. The van der Waals surface area contributed by atoms with Crippen molar-refractivity contribution in [3.8, 4) is 11.3 Å². The van der Waals surface area contributed by atoms with Crippen molar-refractivity contribution in [1.29, 1.82) is 0 Å². The Morgan fingerprint density at radius 1 is 1.06 bits per heavy atom. The molecule has 0 atom stereocenters. The summed E-state index contributed by atoms with van der Waals surface area (Å²) in [6.45, 7) is 7.39. The monoisotopic (exact) mass is 481 g/mol. The highest BCUT2D eigenvalue weighted by Crippen LogP contribution is 2.35. The van der Waals surface area contributed by atoms with E-state index in [1.807, 2.05) is 6.07 Å². The predicted molar refractivity (Wildman–Crippen MR) is 133 cm³/mol. The van der Waals surface area contributed by atoms with Crippen LogP contribution in [0.25, 0.3) is 22.2 Å². The van der Waals surface area contributed by atoms with Gasteiger partial charge >= 0.3 is 0 Å². The molecule has 34 heavy (non-hydrogen) atoms.